The molecule has 0 heterocycles. The zero-order valence-corrected chi connectivity index (χ0v) is 17.3. The van der Waals surface area contributed by atoms with Crippen LogP contribution in [0.15, 0.2) is 36.4 Å². The van der Waals surface area contributed by atoms with E-state index in [0.717, 1.165) is 16.8 Å². The molecular weight excluding hydrogens is 356 g/mol. The number of methoxy groups -OCH3 is 2. The number of nitrogens with one attached hydrogen (secondary N) is 2. The summed E-state index contributed by atoms with van der Waals surface area (Å²) in [4.78, 5) is 25.6. The van der Waals surface area contributed by atoms with Crippen LogP contribution >= 0.6 is 0 Å². The monoisotopic (exact) mass is 384 g/mol. The van der Waals surface area contributed by atoms with Crippen LogP contribution in [0.1, 0.15) is 35.3 Å². The van der Waals surface area contributed by atoms with Crippen molar-refractivity contribution >= 4 is 17.5 Å². The number of anilines is 1. The highest BCUT2D eigenvalue weighted by molar-refractivity contribution is 6.01. The maximum Gasteiger partial charge on any atom is 0.252 e. The number of amides is 2. The third kappa shape index (κ3) is 5.25. The van der Waals surface area contributed by atoms with Crippen LogP contribution in [0, 0.1) is 19.8 Å². The van der Waals surface area contributed by atoms with Gasteiger partial charge in [-0.05, 0) is 43.5 Å². The van der Waals surface area contributed by atoms with Crippen LogP contribution in [0.3, 0.4) is 0 Å². The number of hydrogen-bond donors (Lipinski definition) is 2. The molecule has 1 unspecified atom stereocenters. The Kier molecular flexibility index (Phi) is 7.04. The van der Waals surface area contributed by atoms with Gasteiger partial charge in [0.2, 0.25) is 5.91 Å². The van der Waals surface area contributed by atoms with E-state index in [9.17, 15) is 9.59 Å². The van der Waals surface area contributed by atoms with Gasteiger partial charge < -0.3 is 20.1 Å². The van der Waals surface area contributed by atoms with E-state index in [4.69, 9.17) is 9.47 Å². The van der Waals surface area contributed by atoms with E-state index in [1.807, 2.05) is 45.9 Å². The number of carbonyl (C=O) groups is 2. The van der Waals surface area contributed by atoms with Crippen molar-refractivity contribution in [3.63, 3.8) is 0 Å². The summed E-state index contributed by atoms with van der Waals surface area (Å²) < 4.78 is 10.4. The second-order valence-electron chi connectivity index (χ2n) is 7.10. The molecule has 150 valence electrons. The summed E-state index contributed by atoms with van der Waals surface area (Å²) in [5.41, 5.74) is 3.19. The normalized spacial score (nSPS) is 11.7. The predicted octanol–water partition coefficient (Wildman–Crippen LogP) is 3.71. The second kappa shape index (κ2) is 9.26. The molecule has 6 nitrogen and oxygen atoms in total. The highest BCUT2D eigenvalue weighted by Gasteiger charge is 2.25. The van der Waals surface area contributed by atoms with Crippen molar-refractivity contribution in [1.82, 2.24) is 5.32 Å². The predicted molar refractivity (Wildman–Crippen MR) is 110 cm³/mol. The molecule has 0 saturated carbocycles. The average molecular weight is 384 g/mol. The van der Waals surface area contributed by atoms with E-state index >= 15 is 0 Å². The van der Waals surface area contributed by atoms with Gasteiger partial charge in [0, 0.05) is 17.3 Å². The summed E-state index contributed by atoms with van der Waals surface area (Å²) in [5, 5.41) is 5.74. The van der Waals surface area contributed by atoms with Gasteiger partial charge in [-0.2, -0.15) is 0 Å². The zero-order valence-electron chi connectivity index (χ0n) is 17.3. The maximum atomic E-state index is 12.8. The Hall–Kier alpha value is -3.02. The lowest BCUT2D eigenvalue weighted by molar-refractivity contribution is -0.118. The topological polar surface area (TPSA) is 76.7 Å². The molecule has 0 aromatic heterocycles. The molecule has 1 atom stereocenters. The number of carbonyl (C=O) groups excluding carboxylic acids is 2. The van der Waals surface area contributed by atoms with Crippen molar-refractivity contribution in [2.75, 3.05) is 19.5 Å². The van der Waals surface area contributed by atoms with E-state index in [-0.39, 0.29) is 17.7 Å². The molecule has 2 aromatic carbocycles. The number of benzene rings is 2. The lowest BCUT2D eigenvalue weighted by Crippen LogP contribution is -2.47. The molecular formula is C22H28N2O4. The molecule has 0 radical (unpaired) electrons. The highest BCUT2D eigenvalue weighted by Crippen LogP contribution is 2.23. The zero-order chi connectivity index (χ0) is 20.8. The summed E-state index contributed by atoms with van der Waals surface area (Å²) in [6.07, 6.45) is 0. The standard InChI is InChI=1S/C22H28N2O4/c1-13(2)20(22(26)23-19-8-7-14(3)9-15(19)4)24-21(25)16-10-17(27-5)12-18(11-16)28-6/h7-13,20H,1-6H3,(H,23,26)(H,24,25). The number of hydrogen-bond acceptors (Lipinski definition) is 4. The van der Waals surface area contributed by atoms with Gasteiger partial charge in [0.1, 0.15) is 17.5 Å². The molecule has 28 heavy (non-hydrogen) atoms. The van der Waals surface area contributed by atoms with Crippen LogP contribution in [0.25, 0.3) is 0 Å². The number of ether oxygens (including phenoxy) is 2. The highest BCUT2D eigenvalue weighted by atomic mass is 16.5. The van der Waals surface area contributed by atoms with Crippen LogP contribution in [-0.4, -0.2) is 32.1 Å². The molecule has 2 rings (SSSR count). The van der Waals surface area contributed by atoms with Gasteiger partial charge >= 0.3 is 0 Å². The van der Waals surface area contributed by atoms with Gasteiger partial charge in [-0.15, -0.1) is 0 Å². The van der Waals surface area contributed by atoms with Crippen LogP contribution in [0.5, 0.6) is 11.5 Å². The third-order valence-electron chi connectivity index (χ3n) is 4.49. The molecule has 0 bridgehead atoms. The molecule has 0 aliphatic heterocycles. The molecule has 0 fully saturated rings. The minimum absolute atomic E-state index is 0.0952. The molecule has 0 saturated heterocycles. The van der Waals surface area contributed by atoms with Gasteiger partial charge in [-0.25, -0.2) is 0 Å². The minimum Gasteiger partial charge on any atom is -0.497 e. The lowest BCUT2D eigenvalue weighted by atomic mass is 10.0. The van der Waals surface area contributed by atoms with Crippen molar-refractivity contribution in [2.45, 2.75) is 33.7 Å². The molecule has 0 aliphatic rings. The fraction of sp³-hybridized carbons (Fsp3) is 0.364. The first kappa shape index (κ1) is 21.3. The average Bonchev–Trinajstić information content (AvgIpc) is 2.67. The Morgan fingerprint density at radius 1 is 0.929 bits per heavy atom. The number of aryl methyl sites for hydroxylation is 2. The number of rotatable bonds is 7. The van der Waals surface area contributed by atoms with E-state index in [1.165, 1.54) is 14.2 Å². The Labute approximate surface area is 166 Å². The van der Waals surface area contributed by atoms with Crippen molar-refractivity contribution in [3.05, 3.63) is 53.1 Å². The van der Waals surface area contributed by atoms with Crippen LogP contribution in [-0.2, 0) is 4.79 Å². The van der Waals surface area contributed by atoms with Crippen LogP contribution in [0.2, 0.25) is 0 Å². The fourth-order valence-electron chi connectivity index (χ4n) is 2.86. The van der Waals surface area contributed by atoms with Gasteiger partial charge in [0.25, 0.3) is 5.91 Å². The van der Waals surface area contributed by atoms with Gasteiger partial charge in [0.15, 0.2) is 0 Å². The second-order valence-corrected chi connectivity index (χ2v) is 7.10. The Balaban J connectivity index is 2.20. The van der Waals surface area contributed by atoms with Crippen molar-refractivity contribution in [3.8, 4) is 11.5 Å². The first-order valence-corrected chi connectivity index (χ1v) is 9.17. The molecule has 6 heteroatoms. The Bertz CT molecular complexity index is 839. The molecule has 2 amide bonds. The van der Waals surface area contributed by atoms with Gasteiger partial charge in [-0.1, -0.05) is 31.5 Å². The SMILES string of the molecule is COc1cc(OC)cc(C(=O)NC(C(=O)Nc2ccc(C)cc2C)C(C)C)c1. The first-order valence-electron chi connectivity index (χ1n) is 9.17. The van der Waals surface area contributed by atoms with Crippen molar-refractivity contribution < 1.29 is 19.1 Å². The van der Waals surface area contributed by atoms with Gasteiger partial charge in [0.05, 0.1) is 14.2 Å². The van der Waals surface area contributed by atoms with E-state index in [2.05, 4.69) is 10.6 Å². The molecule has 2 aromatic rings. The van der Waals surface area contributed by atoms with Gasteiger partial charge in [-0.3, -0.25) is 9.59 Å². The third-order valence-corrected chi connectivity index (χ3v) is 4.49. The molecule has 2 N–H and O–H groups in total. The Morgan fingerprint density at radius 3 is 2.04 bits per heavy atom. The maximum absolute atomic E-state index is 12.8. The van der Waals surface area contributed by atoms with Crippen molar-refractivity contribution in [2.24, 2.45) is 5.92 Å². The molecule has 0 spiro atoms. The van der Waals surface area contributed by atoms with E-state index in [1.54, 1.807) is 18.2 Å². The largest absolute Gasteiger partial charge is 0.497 e. The van der Waals surface area contributed by atoms with Crippen LogP contribution in [0.4, 0.5) is 5.69 Å². The summed E-state index contributed by atoms with van der Waals surface area (Å²) in [6, 6.07) is 10.0. The minimum atomic E-state index is -0.689. The molecule has 0 aliphatic carbocycles. The summed E-state index contributed by atoms with van der Waals surface area (Å²) in [6.45, 7) is 7.71. The van der Waals surface area contributed by atoms with Crippen LogP contribution < -0.4 is 20.1 Å². The Morgan fingerprint density at radius 2 is 1.54 bits per heavy atom. The quantitative estimate of drug-likeness (QED) is 0.763. The lowest BCUT2D eigenvalue weighted by Gasteiger charge is -2.22. The summed E-state index contributed by atoms with van der Waals surface area (Å²) in [5.74, 6) is 0.287. The fourth-order valence-corrected chi connectivity index (χ4v) is 2.86. The van der Waals surface area contributed by atoms with E-state index < -0.39 is 6.04 Å². The summed E-state index contributed by atoms with van der Waals surface area (Å²) in [7, 11) is 3.04. The first-order chi connectivity index (χ1) is 13.2. The summed E-state index contributed by atoms with van der Waals surface area (Å²) >= 11 is 0. The van der Waals surface area contributed by atoms with Crippen molar-refractivity contribution in [1.29, 1.82) is 0 Å². The smallest absolute Gasteiger partial charge is 0.252 e. The van der Waals surface area contributed by atoms with E-state index in [0.29, 0.717) is 17.1 Å².